The van der Waals surface area contributed by atoms with E-state index in [4.69, 9.17) is 16.3 Å². The van der Waals surface area contributed by atoms with E-state index in [1.165, 1.54) is 0 Å². The van der Waals surface area contributed by atoms with Gasteiger partial charge in [0.15, 0.2) is 0 Å². The number of methoxy groups -OCH3 is 1. The van der Waals surface area contributed by atoms with E-state index in [0.717, 1.165) is 15.9 Å². The molecule has 0 spiro atoms. The van der Waals surface area contributed by atoms with E-state index in [1.54, 1.807) is 7.11 Å². The van der Waals surface area contributed by atoms with Gasteiger partial charge < -0.3 is 15.4 Å². The van der Waals surface area contributed by atoms with Crippen LogP contribution in [0, 0.1) is 0 Å². The van der Waals surface area contributed by atoms with Crippen molar-refractivity contribution in [1.29, 1.82) is 0 Å². The summed E-state index contributed by atoms with van der Waals surface area (Å²) in [7, 11) is 1.61. The Balaban J connectivity index is 2.23. The third kappa shape index (κ3) is 3.71. The second-order valence-electron chi connectivity index (χ2n) is 3.76. The van der Waals surface area contributed by atoms with E-state index < -0.39 is 0 Å². The summed E-state index contributed by atoms with van der Waals surface area (Å²) in [6, 6.07) is 5.55. The van der Waals surface area contributed by atoms with Gasteiger partial charge in [-0.1, -0.05) is 0 Å². The van der Waals surface area contributed by atoms with Crippen LogP contribution in [0.25, 0.3) is 0 Å². The fourth-order valence-corrected chi connectivity index (χ4v) is 2.22. The fourth-order valence-electron chi connectivity index (χ4n) is 1.52. The van der Waals surface area contributed by atoms with Crippen molar-refractivity contribution in [1.82, 2.24) is 15.0 Å². The number of anilines is 3. The summed E-state index contributed by atoms with van der Waals surface area (Å²) in [6.07, 6.45) is 0. The van der Waals surface area contributed by atoms with Crippen LogP contribution in [0.5, 0.6) is 5.75 Å². The van der Waals surface area contributed by atoms with Crippen LogP contribution in [0.3, 0.4) is 0 Å². The van der Waals surface area contributed by atoms with E-state index in [-0.39, 0.29) is 5.28 Å². The minimum atomic E-state index is 0.131. The highest BCUT2D eigenvalue weighted by Crippen LogP contribution is 2.28. The van der Waals surface area contributed by atoms with E-state index in [0.29, 0.717) is 18.4 Å². The van der Waals surface area contributed by atoms with Crippen LogP contribution in [0.2, 0.25) is 5.28 Å². The van der Waals surface area contributed by atoms with E-state index >= 15 is 0 Å². The number of rotatable bonds is 5. The number of aromatic nitrogens is 3. The van der Waals surface area contributed by atoms with Crippen molar-refractivity contribution in [2.24, 2.45) is 0 Å². The van der Waals surface area contributed by atoms with Crippen molar-refractivity contribution >= 4 is 45.1 Å². The molecule has 1 heterocycles. The molecule has 0 atom stereocenters. The summed E-state index contributed by atoms with van der Waals surface area (Å²) >= 11 is 9.28. The summed E-state index contributed by atoms with van der Waals surface area (Å²) in [5, 5.41) is 6.18. The molecule has 6 nitrogen and oxygen atoms in total. The SMILES string of the molecule is CCNc1nc(Cl)nc(Nc2ccc(OC)c(Br)c2)n1. The summed E-state index contributed by atoms with van der Waals surface area (Å²) in [4.78, 5) is 12.2. The average Bonchev–Trinajstić information content (AvgIpc) is 2.38. The molecule has 0 bridgehead atoms. The normalized spacial score (nSPS) is 10.2. The second kappa shape index (κ2) is 6.71. The number of ether oxygens (including phenoxy) is 1. The van der Waals surface area contributed by atoms with E-state index in [9.17, 15) is 0 Å². The van der Waals surface area contributed by atoms with Gasteiger partial charge in [0, 0.05) is 12.2 Å². The molecule has 2 rings (SSSR count). The zero-order valence-electron chi connectivity index (χ0n) is 10.9. The monoisotopic (exact) mass is 357 g/mol. The van der Waals surface area contributed by atoms with E-state index in [2.05, 4.69) is 41.5 Å². The number of nitrogens with one attached hydrogen (secondary N) is 2. The Morgan fingerprint density at radius 3 is 2.65 bits per heavy atom. The van der Waals surface area contributed by atoms with Crippen molar-refractivity contribution in [3.05, 3.63) is 28.0 Å². The van der Waals surface area contributed by atoms with Crippen LogP contribution in [0.4, 0.5) is 17.6 Å². The van der Waals surface area contributed by atoms with Crippen LogP contribution in [0.15, 0.2) is 22.7 Å². The maximum absolute atomic E-state index is 5.86. The van der Waals surface area contributed by atoms with Crippen LogP contribution in [-0.4, -0.2) is 28.6 Å². The lowest BCUT2D eigenvalue weighted by Gasteiger charge is -2.09. The van der Waals surface area contributed by atoms with Gasteiger partial charge in [-0.3, -0.25) is 0 Å². The highest BCUT2D eigenvalue weighted by molar-refractivity contribution is 9.10. The molecular formula is C12H13BrClN5O. The van der Waals surface area contributed by atoms with Crippen LogP contribution in [-0.2, 0) is 0 Å². The van der Waals surface area contributed by atoms with Crippen molar-refractivity contribution in [2.45, 2.75) is 6.92 Å². The maximum Gasteiger partial charge on any atom is 0.233 e. The Morgan fingerprint density at radius 2 is 2.00 bits per heavy atom. The average molecular weight is 359 g/mol. The molecule has 0 aliphatic heterocycles. The van der Waals surface area contributed by atoms with Gasteiger partial charge in [-0.2, -0.15) is 15.0 Å². The van der Waals surface area contributed by atoms with E-state index in [1.807, 2.05) is 25.1 Å². The predicted molar refractivity (Wildman–Crippen MR) is 83.0 cm³/mol. The summed E-state index contributed by atoms with van der Waals surface area (Å²) in [5.41, 5.74) is 0.808. The zero-order chi connectivity index (χ0) is 14.5. The molecule has 0 saturated heterocycles. The smallest absolute Gasteiger partial charge is 0.233 e. The van der Waals surface area contributed by atoms with Crippen LogP contribution < -0.4 is 15.4 Å². The predicted octanol–water partition coefficient (Wildman–Crippen LogP) is 3.47. The second-order valence-corrected chi connectivity index (χ2v) is 4.95. The Bertz CT molecular complexity index is 610. The molecule has 0 amide bonds. The maximum atomic E-state index is 5.86. The third-order valence-electron chi connectivity index (χ3n) is 2.35. The first-order valence-corrected chi connectivity index (χ1v) is 7.05. The molecule has 1 aromatic heterocycles. The molecule has 0 unspecified atom stereocenters. The lowest BCUT2D eigenvalue weighted by molar-refractivity contribution is 0.412. The molecule has 20 heavy (non-hydrogen) atoms. The molecule has 2 aromatic rings. The Kier molecular flexibility index (Phi) is 4.97. The molecule has 8 heteroatoms. The van der Waals surface area contributed by atoms with Crippen LogP contribution >= 0.6 is 27.5 Å². The van der Waals surface area contributed by atoms with Gasteiger partial charge >= 0.3 is 0 Å². The van der Waals surface area contributed by atoms with Crippen molar-refractivity contribution in [3.63, 3.8) is 0 Å². The van der Waals surface area contributed by atoms with Gasteiger partial charge in [-0.15, -0.1) is 0 Å². The minimum Gasteiger partial charge on any atom is -0.496 e. The number of halogens is 2. The van der Waals surface area contributed by atoms with Crippen LogP contribution in [0.1, 0.15) is 6.92 Å². The first-order valence-electron chi connectivity index (χ1n) is 5.88. The Morgan fingerprint density at radius 1 is 1.25 bits per heavy atom. The number of nitrogens with zero attached hydrogens (tertiary/aromatic N) is 3. The summed E-state index contributed by atoms with van der Waals surface area (Å²) in [5.74, 6) is 1.55. The summed E-state index contributed by atoms with van der Waals surface area (Å²) < 4.78 is 6.00. The first kappa shape index (κ1) is 14.8. The standard InChI is InChI=1S/C12H13BrClN5O/c1-3-15-11-17-10(14)18-12(19-11)16-7-4-5-9(20-2)8(13)6-7/h4-6H,3H2,1-2H3,(H2,15,16,17,18,19). The molecule has 2 N–H and O–H groups in total. The molecule has 1 aromatic carbocycles. The first-order chi connectivity index (χ1) is 9.62. The molecular weight excluding hydrogens is 346 g/mol. The van der Waals surface area contributed by atoms with Gasteiger partial charge in [-0.05, 0) is 52.7 Å². The largest absolute Gasteiger partial charge is 0.496 e. The molecule has 106 valence electrons. The number of hydrogen-bond acceptors (Lipinski definition) is 6. The zero-order valence-corrected chi connectivity index (χ0v) is 13.3. The Labute approximate surface area is 130 Å². The quantitative estimate of drug-likeness (QED) is 0.852. The molecule has 0 aliphatic rings. The lowest BCUT2D eigenvalue weighted by Crippen LogP contribution is -2.06. The van der Waals surface area contributed by atoms with Gasteiger partial charge in [0.05, 0.1) is 11.6 Å². The molecule has 0 saturated carbocycles. The fraction of sp³-hybridized carbons (Fsp3) is 0.250. The van der Waals surface area contributed by atoms with Gasteiger partial charge in [-0.25, -0.2) is 0 Å². The van der Waals surface area contributed by atoms with Gasteiger partial charge in [0.25, 0.3) is 0 Å². The Hall–Kier alpha value is -1.60. The lowest BCUT2D eigenvalue weighted by atomic mass is 10.3. The van der Waals surface area contributed by atoms with Gasteiger partial charge in [0.1, 0.15) is 5.75 Å². The van der Waals surface area contributed by atoms with Crippen molar-refractivity contribution < 1.29 is 4.74 Å². The molecule has 0 radical (unpaired) electrons. The molecule has 0 fully saturated rings. The van der Waals surface area contributed by atoms with Crippen molar-refractivity contribution in [3.8, 4) is 5.75 Å². The molecule has 0 aliphatic carbocycles. The summed E-state index contributed by atoms with van der Waals surface area (Å²) in [6.45, 7) is 2.65. The minimum absolute atomic E-state index is 0.131. The topological polar surface area (TPSA) is 72.0 Å². The van der Waals surface area contributed by atoms with Crippen molar-refractivity contribution in [2.75, 3.05) is 24.3 Å². The van der Waals surface area contributed by atoms with Gasteiger partial charge in [0.2, 0.25) is 17.2 Å². The highest BCUT2D eigenvalue weighted by atomic mass is 79.9. The third-order valence-corrected chi connectivity index (χ3v) is 3.14. The highest BCUT2D eigenvalue weighted by Gasteiger charge is 2.06. The number of hydrogen-bond donors (Lipinski definition) is 2. The number of benzene rings is 1.